The molecule has 0 bridgehead atoms. The molecule has 1 aliphatic heterocycles. The molecule has 3 rings (SSSR count). The number of amides is 1. The third-order valence-electron chi connectivity index (χ3n) is 4.78. The Hall–Kier alpha value is -1.58. The van der Waals surface area contributed by atoms with Gasteiger partial charge in [-0.15, -0.1) is 0 Å². The molecule has 2 fully saturated rings. The van der Waals surface area contributed by atoms with E-state index in [4.69, 9.17) is 0 Å². The number of anilines is 1. The van der Waals surface area contributed by atoms with Crippen LogP contribution in [0.1, 0.15) is 49.0 Å². The molecule has 2 heterocycles. The molecule has 1 saturated carbocycles. The highest BCUT2D eigenvalue weighted by atomic mass is 16.2. The van der Waals surface area contributed by atoms with E-state index < -0.39 is 0 Å². The monoisotopic (exact) mass is 273 g/mol. The van der Waals surface area contributed by atoms with Gasteiger partial charge in [-0.05, 0) is 43.7 Å². The maximum atomic E-state index is 12.7. The summed E-state index contributed by atoms with van der Waals surface area (Å²) in [6.07, 6.45) is 9.22. The van der Waals surface area contributed by atoms with Gasteiger partial charge < -0.3 is 10.2 Å². The molecule has 1 amide bonds. The second-order valence-electron chi connectivity index (χ2n) is 5.93. The molecule has 20 heavy (non-hydrogen) atoms. The van der Waals surface area contributed by atoms with Gasteiger partial charge in [-0.2, -0.15) is 0 Å². The number of pyridine rings is 1. The fourth-order valence-electron chi connectivity index (χ4n) is 3.69. The summed E-state index contributed by atoms with van der Waals surface area (Å²) in [4.78, 5) is 19.1. The van der Waals surface area contributed by atoms with E-state index in [2.05, 4.69) is 15.2 Å². The lowest BCUT2D eigenvalue weighted by Crippen LogP contribution is -2.49. The average Bonchev–Trinajstić information content (AvgIpc) is 2.54. The van der Waals surface area contributed by atoms with Gasteiger partial charge in [0.05, 0.1) is 11.9 Å². The van der Waals surface area contributed by atoms with Crippen molar-refractivity contribution in [3.8, 4) is 0 Å². The Morgan fingerprint density at radius 1 is 1.25 bits per heavy atom. The molecule has 2 aliphatic rings. The van der Waals surface area contributed by atoms with Crippen LogP contribution in [0.3, 0.4) is 0 Å². The van der Waals surface area contributed by atoms with Crippen LogP contribution in [0.25, 0.3) is 0 Å². The molecule has 4 heteroatoms. The van der Waals surface area contributed by atoms with Crippen molar-refractivity contribution < 1.29 is 4.79 Å². The second-order valence-corrected chi connectivity index (χ2v) is 5.93. The van der Waals surface area contributed by atoms with Crippen molar-refractivity contribution in [2.24, 2.45) is 5.92 Å². The predicted molar refractivity (Wildman–Crippen MR) is 79.8 cm³/mol. The first-order valence-electron chi connectivity index (χ1n) is 7.74. The molecular formula is C16H23N3O. The van der Waals surface area contributed by atoms with E-state index in [0.29, 0.717) is 11.7 Å². The Bertz CT molecular complexity index is 469. The molecule has 1 aromatic heterocycles. The van der Waals surface area contributed by atoms with Crippen molar-refractivity contribution in [1.29, 1.82) is 0 Å². The van der Waals surface area contributed by atoms with Gasteiger partial charge in [0.15, 0.2) is 0 Å². The largest absolute Gasteiger partial charge is 0.387 e. The molecule has 2 unspecified atom stereocenters. The molecule has 4 nitrogen and oxygen atoms in total. The summed E-state index contributed by atoms with van der Waals surface area (Å²) >= 11 is 0. The van der Waals surface area contributed by atoms with Gasteiger partial charge in [0.1, 0.15) is 5.69 Å². The standard InChI is InChI=1S/C16H23N3O/c1-17-13-8-9-14(18-11-13)16(20)19-10-4-6-12-5-2-3-7-15(12)19/h8-9,11-12,15,17H,2-7,10H2,1H3. The van der Waals surface area contributed by atoms with Gasteiger partial charge in [0, 0.05) is 19.6 Å². The Morgan fingerprint density at radius 2 is 2.05 bits per heavy atom. The first-order valence-corrected chi connectivity index (χ1v) is 7.74. The highest BCUT2D eigenvalue weighted by Gasteiger charge is 2.36. The van der Waals surface area contributed by atoms with Gasteiger partial charge in [0.2, 0.25) is 0 Å². The van der Waals surface area contributed by atoms with Crippen LogP contribution in [0.4, 0.5) is 5.69 Å². The van der Waals surface area contributed by atoms with Crippen molar-refractivity contribution in [2.75, 3.05) is 18.9 Å². The van der Waals surface area contributed by atoms with Crippen molar-refractivity contribution in [3.63, 3.8) is 0 Å². The van der Waals surface area contributed by atoms with E-state index in [0.717, 1.165) is 24.6 Å². The van der Waals surface area contributed by atoms with Crippen LogP contribution in [0.2, 0.25) is 0 Å². The number of nitrogens with one attached hydrogen (secondary N) is 1. The number of fused-ring (bicyclic) bond motifs is 1. The summed E-state index contributed by atoms with van der Waals surface area (Å²) in [6, 6.07) is 4.21. The molecular weight excluding hydrogens is 250 g/mol. The molecule has 0 spiro atoms. The summed E-state index contributed by atoms with van der Waals surface area (Å²) < 4.78 is 0. The minimum Gasteiger partial charge on any atom is -0.387 e. The highest BCUT2D eigenvalue weighted by molar-refractivity contribution is 5.92. The normalized spacial score (nSPS) is 25.9. The van der Waals surface area contributed by atoms with Crippen LogP contribution in [0, 0.1) is 5.92 Å². The van der Waals surface area contributed by atoms with Crippen LogP contribution >= 0.6 is 0 Å². The fraction of sp³-hybridized carbons (Fsp3) is 0.625. The van der Waals surface area contributed by atoms with Crippen LogP contribution in [-0.2, 0) is 0 Å². The predicted octanol–water partition coefficient (Wildman–Crippen LogP) is 2.92. The maximum Gasteiger partial charge on any atom is 0.272 e. The Kier molecular flexibility index (Phi) is 3.90. The first kappa shape index (κ1) is 13.4. The molecule has 1 aliphatic carbocycles. The van der Waals surface area contributed by atoms with E-state index in [1.165, 1.54) is 32.1 Å². The van der Waals surface area contributed by atoms with Crippen LogP contribution in [-0.4, -0.2) is 35.4 Å². The zero-order valence-corrected chi connectivity index (χ0v) is 12.1. The number of likely N-dealkylation sites (tertiary alicyclic amines) is 1. The molecule has 0 aromatic carbocycles. The number of carbonyl (C=O) groups excluding carboxylic acids is 1. The molecule has 1 aromatic rings. The third-order valence-corrected chi connectivity index (χ3v) is 4.78. The van der Waals surface area contributed by atoms with Gasteiger partial charge in [-0.25, -0.2) is 4.98 Å². The van der Waals surface area contributed by atoms with Gasteiger partial charge in [-0.3, -0.25) is 4.79 Å². The zero-order valence-electron chi connectivity index (χ0n) is 12.1. The fourth-order valence-corrected chi connectivity index (χ4v) is 3.69. The molecule has 2 atom stereocenters. The van der Waals surface area contributed by atoms with E-state index in [9.17, 15) is 4.79 Å². The van der Waals surface area contributed by atoms with Crippen LogP contribution in [0.5, 0.6) is 0 Å². The quantitative estimate of drug-likeness (QED) is 0.901. The second kappa shape index (κ2) is 5.81. The lowest BCUT2D eigenvalue weighted by molar-refractivity contribution is 0.0385. The minimum absolute atomic E-state index is 0.115. The maximum absolute atomic E-state index is 12.7. The summed E-state index contributed by atoms with van der Waals surface area (Å²) in [5.41, 5.74) is 1.52. The number of aromatic nitrogens is 1. The lowest BCUT2D eigenvalue weighted by Gasteiger charge is -2.44. The molecule has 108 valence electrons. The molecule has 1 N–H and O–H groups in total. The number of hydrogen-bond donors (Lipinski definition) is 1. The van der Waals surface area contributed by atoms with E-state index in [1.807, 2.05) is 19.2 Å². The smallest absolute Gasteiger partial charge is 0.272 e. The van der Waals surface area contributed by atoms with Crippen molar-refractivity contribution in [3.05, 3.63) is 24.0 Å². The lowest BCUT2D eigenvalue weighted by atomic mass is 9.78. The number of carbonyl (C=O) groups is 1. The Labute approximate surface area is 120 Å². The van der Waals surface area contributed by atoms with E-state index in [1.54, 1.807) is 6.20 Å². The van der Waals surface area contributed by atoms with Crippen molar-refractivity contribution in [2.45, 2.75) is 44.6 Å². The highest BCUT2D eigenvalue weighted by Crippen LogP contribution is 2.35. The third kappa shape index (κ3) is 2.51. The van der Waals surface area contributed by atoms with E-state index >= 15 is 0 Å². The van der Waals surface area contributed by atoms with Crippen LogP contribution < -0.4 is 5.32 Å². The zero-order chi connectivity index (χ0) is 13.9. The first-order chi connectivity index (χ1) is 9.79. The number of hydrogen-bond acceptors (Lipinski definition) is 3. The van der Waals surface area contributed by atoms with Gasteiger partial charge in [0.25, 0.3) is 5.91 Å². The number of nitrogens with zero attached hydrogens (tertiary/aromatic N) is 2. The summed E-state index contributed by atoms with van der Waals surface area (Å²) in [7, 11) is 1.86. The Morgan fingerprint density at radius 3 is 2.80 bits per heavy atom. The summed E-state index contributed by atoms with van der Waals surface area (Å²) in [5.74, 6) is 0.835. The Balaban J connectivity index is 1.77. The topological polar surface area (TPSA) is 45.2 Å². The van der Waals surface area contributed by atoms with Crippen molar-refractivity contribution in [1.82, 2.24) is 9.88 Å². The van der Waals surface area contributed by atoms with Crippen LogP contribution in [0.15, 0.2) is 18.3 Å². The van der Waals surface area contributed by atoms with Gasteiger partial charge in [-0.1, -0.05) is 12.8 Å². The van der Waals surface area contributed by atoms with Gasteiger partial charge >= 0.3 is 0 Å². The summed E-state index contributed by atoms with van der Waals surface area (Å²) in [6.45, 7) is 0.898. The molecule has 1 saturated heterocycles. The minimum atomic E-state index is 0.115. The van der Waals surface area contributed by atoms with Crippen molar-refractivity contribution >= 4 is 11.6 Å². The van der Waals surface area contributed by atoms with E-state index in [-0.39, 0.29) is 5.91 Å². The SMILES string of the molecule is CNc1ccc(C(=O)N2CCCC3CCCCC32)nc1. The molecule has 0 radical (unpaired) electrons. The summed E-state index contributed by atoms with van der Waals surface area (Å²) in [5, 5.41) is 3.03. The number of piperidine rings is 1. The number of rotatable bonds is 2. The average molecular weight is 273 g/mol.